The van der Waals surface area contributed by atoms with E-state index in [-0.39, 0.29) is 17.9 Å². The standard InChI is InChI=1S/C15H21N3O3/c1-10-12(11(2)21-16-10)9-17-8-6-14(19)18-7-4-3-5-13(18)15(17)20/h13H,3-9H2,1-2H3. The molecule has 0 bridgehead atoms. The van der Waals surface area contributed by atoms with Crippen LogP contribution in [0.5, 0.6) is 0 Å². The lowest BCUT2D eigenvalue weighted by molar-refractivity contribution is -0.143. The quantitative estimate of drug-likeness (QED) is 0.826. The van der Waals surface area contributed by atoms with Gasteiger partial charge in [0.2, 0.25) is 11.8 Å². The van der Waals surface area contributed by atoms with Gasteiger partial charge in [0.1, 0.15) is 11.8 Å². The number of amides is 2. The van der Waals surface area contributed by atoms with Crippen molar-refractivity contribution in [3.63, 3.8) is 0 Å². The summed E-state index contributed by atoms with van der Waals surface area (Å²) in [6.45, 7) is 5.42. The van der Waals surface area contributed by atoms with Gasteiger partial charge in [0, 0.05) is 25.1 Å². The number of aromatic nitrogens is 1. The molecule has 3 heterocycles. The summed E-state index contributed by atoms with van der Waals surface area (Å²) in [6.07, 6.45) is 3.20. The molecule has 6 nitrogen and oxygen atoms in total. The zero-order chi connectivity index (χ0) is 15.0. The van der Waals surface area contributed by atoms with E-state index in [1.165, 1.54) is 0 Å². The number of carbonyl (C=O) groups excluding carboxylic acids is 2. The Morgan fingerprint density at radius 3 is 2.76 bits per heavy atom. The first-order valence-electron chi connectivity index (χ1n) is 7.58. The van der Waals surface area contributed by atoms with Crippen molar-refractivity contribution >= 4 is 11.8 Å². The summed E-state index contributed by atoms with van der Waals surface area (Å²) < 4.78 is 5.17. The van der Waals surface area contributed by atoms with Gasteiger partial charge in [-0.3, -0.25) is 9.59 Å². The van der Waals surface area contributed by atoms with Gasteiger partial charge in [0.15, 0.2) is 0 Å². The Labute approximate surface area is 124 Å². The van der Waals surface area contributed by atoms with Crippen molar-refractivity contribution in [3.8, 4) is 0 Å². The highest BCUT2D eigenvalue weighted by Crippen LogP contribution is 2.25. The van der Waals surface area contributed by atoms with E-state index >= 15 is 0 Å². The van der Waals surface area contributed by atoms with Gasteiger partial charge in [-0.15, -0.1) is 0 Å². The second-order valence-electron chi connectivity index (χ2n) is 5.91. The molecule has 0 radical (unpaired) electrons. The van der Waals surface area contributed by atoms with Gasteiger partial charge < -0.3 is 14.3 Å². The molecule has 0 saturated carbocycles. The van der Waals surface area contributed by atoms with Crippen LogP contribution in [0.25, 0.3) is 0 Å². The van der Waals surface area contributed by atoms with Crippen molar-refractivity contribution in [2.45, 2.75) is 52.1 Å². The molecule has 1 atom stereocenters. The summed E-state index contributed by atoms with van der Waals surface area (Å²) >= 11 is 0. The minimum atomic E-state index is -0.269. The van der Waals surface area contributed by atoms with Gasteiger partial charge in [-0.25, -0.2) is 0 Å². The van der Waals surface area contributed by atoms with E-state index < -0.39 is 0 Å². The van der Waals surface area contributed by atoms with Gasteiger partial charge in [-0.2, -0.15) is 0 Å². The third-order valence-corrected chi connectivity index (χ3v) is 4.55. The van der Waals surface area contributed by atoms with Crippen molar-refractivity contribution < 1.29 is 14.1 Å². The first-order valence-corrected chi connectivity index (χ1v) is 7.58. The maximum atomic E-state index is 12.8. The Morgan fingerprint density at radius 1 is 1.24 bits per heavy atom. The number of aryl methyl sites for hydroxylation is 2. The first kappa shape index (κ1) is 14.1. The molecule has 3 rings (SSSR count). The topological polar surface area (TPSA) is 66.7 Å². The SMILES string of the molecule is Cc1noc(C)c1CN1CCC(=O)N2CCCCC2C1=O. The van der Waals surface area contributed by atoms with Crippen LogP contribution in [-0.2, 0) is 16.1 Å². The van der Waals surface area contributed by atoms with Crippen LogP contribution in [0, 0.1) is 13.8 Å². The Balaban J connectivity index is 1.82. The van der Waals surface area contributed by atoms with Crippen molar-refractivity contribution in [1.29, 1.82) is 0 Å². The van der Waals surface area contributed by atoms with Crippen LogP contribution < -0.4 is 0 Å². The largest absolute Gasteiger partial charge is 0.361 e. The number of carbonyl (C=O) groups is 2. The van der Waals surface area contributed by atoms with E-state index in [9.17, 15) is 9.59 Å². The van der Waals surface area contributed by atoms with Crippen LogP contribution >= 0.6 is 0 Å². The smallest absolute Gasteiger partial charge is 0.245 e. The average Bonchev–Trinajstić information content (AvgIpc) is 2.75. The highest BCUT2D eigenvalue weighted by atomic mass is 16.5. The number of piperidine rings is 1. The number of nitrogens with zero attached hydrogens (tertiary/aromatic N) is 3. The second-order valence-corrected chi connectivity index (χ2v) is 5.91. The van der Waals surface area contributed by atoms with Crippen molar-refractivity contribution in [1.82, 2.24) is 15.0 Å². The van der Waals surface area contributed by atoms with E-state index in [2.05, 4.69) is 5.16 Å². The third-order valence-electron chi connectivity index (χ3n) is 4.55. The molecule has 6 heteroatoms. The molecule has 1 unspecified atom stereocenters. The molecule has 2 amide bonds. The summed E-state index contributed by atoms with van der Waals surface area (Å²) in [5, 5.41) is 3.94. The molecule has 0 aliphatic carbocycles. The van der Waals surface area contributed by atoms with E-state index in [1.807, 2.05) is 13.8 Å². The molecule has 0 N–H and O–H groups in total. The van der Waals surface area contributed by atoms with Gasteiger partial charge in [-0.1, -0.05) is 5.16 Å². The molecule has 0 aromatic carbocycles. The lowest BCUT2D eigenvalue weighted by Gasteiger charge is -2.34. The summed E-state index contributed by atoms with van der Waals surface area (Å²) in [5.41, 5.74) is 1.77. The van der Waals surface area contributed by atoms with Gasteiger partial charge in [-0.05, 0) is 33.1 Å². The van der Waals surface area contributed by atoms with E-state index in [0.717, 1.165) is 36.3 Å². The minimum absolute atomic E-state index is 0.0700. The molecule has 2 aliphatic rings. The van der Waals surface area contributed by atoms with Crippen LogP contribution in [0.15, 0.2) is 4.52 Å². The summed E-state index contributed by atoms with van der Waals surface area (Å²) in [6, 6.07) is -0.269. The van der Waals surface area contributed by atoms with Crippen molar-refractivity contribution in [3.05, 3.63) is 17.0 Å². The average molecular weight is 291 g/mol. The zero-order valence-corrected chi connectivity index (χ0v) is 12.6. The normalized spacial score (nSPS) is 23.2. The molecule has 1 aromatic rings. The van der Waals surface area contributed by atoms with Gasteiger partial charge in [0.25, 0.3) is 0 Å². The lowest BCUT2D eigenvalue weighted by atomic mass is 10.0. The van der Waals surface area contributed by atoms with Gasteiger partial charge in [0.05, 0.1) is 12.2 Å². The second kappa shape index (κ2) is 5.50. The molecule has 2 saturated heterocycles. The maximum absolute atomic E-state index is 12.8. The zero-order valence-electron chi connectivity index (χ0n) is 12.6. The number of hydrogen-bond acceptors (Lipinski definition) is 4. The van der Waals surface area contributed by atoms with Crippen LogP contribution in [0.3, 0.4) is 0 Å². The van der Waals surface area contributed by atoms with E-state index in [0.29, 0.717) is 26.1 Å². The molecule has 1 aromatic heterocycles. The maximum Gasteiger partial charge on any atom is 0.245 e. The fourth-order valence-electron chi connectivity index (χ4n) is 3.26. The van der Waals surface area contributed by atoms with Crippen LogP contribution in [0.1, 0.15) is 42.7 Å². The Hall–Kier alpha value is -1.85. The Bertz CT molecular complexity index is 547. The summed E-state index contributed by atoms with van der Waals surface area (Å²) in [5.74, 6) is 0.922. The predicted molar refractivity (Wildman–Crippen MR) is 75.4 cm³/mol. The minimum Gasteiger partial charge on any atom is -0.361 e. The van der Waals surface area contributed by atoms with E-state index in [1.54, 1.807) is 9.80 Å². The first-order chi connectivity index (χ1) is 10.1. The fourth-order valence-corrected chi connectivity index (χ4v) is 3.26. The van der Waals surface area contributed by atoms with Crippen LogP contribution in [0.4, 0.5) is 0 Å². The third kappa shape index (κ3) is 2.54. The molecule has 21 heavy (non-hydrogen) atoms. The molecule has 2 fully saturated rings. The molecule has 0 spiro atoms. The number of fused-ring (bicyclic) bond motifs is 1. The predicted octanol–water partition coefficient (Wildman–Crippen LogP) is 1.40. The van der Waals surface area contributed by atoms with Crippen molar-refractivity contribution in [2.75, 3.05) is 13.1 Å². The summed E-state index contributed by atoms with van der Waals surface area (Å²) in [4.78, 5) is 28.5. The number of hydrogen-bond donors (Lipinski definition) is 0. The Morgan fingerprint density at radius 2 is 2.05 bits per heavy atom. The Kier molecular flexibility index (Phi) is 3.69. The molecular formula is C15H21N3O3. The highest BCUT2D eigenvalue weighted by molar-refractivity contribution is 5.90. The van der Waals surface area contributed by atoms with Crippen LogP contribution in [-0.4, -0.2) is 45.9 Å². The lowest BCUT2D eigenvalue weighted by Crippen LogP contribution is -2.49. The molecule has 2 aliphatic heterocycles. The summed E-state index contributed by atoms with van der Waals surface area (Å²) in [7, 11) is 0. The number of rotatable bonds is 2. The fraction of sp³-hybridized carbons (Fsp3) is 0.667. The van der Waals surface area contributed by atoms with Gasteiger partial charge >= 0.3 is 0 Å². The van der Waals surface area contributed by atoms with Crippen LogP contribution in [0.2, 0.25) is 0 Å². The highest BCUT2D eigenvalue weighted by Gasteiger charge is 2.37. The molecule has 114 valence electrons. The molecular weight excluding hydrogens is 270 g/mol. The van der Waals surface area contributed by atoms with E-state index in [4.69, 9.17) is 4.52 Å². The monoisotopic (exact) mass is 291 g/mol. The van der Waals surface area contributed by atoms with Crippen molar-refractivity contribution in [2.24, 2.45) is 0 Å².